The second-order valence-electron chi connectivity index (χ2n) is 2.86. The predicted octanol–water partition coefficient (Wildman–Crippen LogP) is -0.0889. The number of hydrogen-bond acceptors (Lipinski definition) is 8. The van der Waals surface area contributed by atoms with Gasteiger partial charge in [0.2, 0.25) is 16.5 Å². The molecular formula is C6H6F3N6OS. The van der Waals surface area contributed by atoms with Crippen molar-refractivity contribution in [2.24, 2.45) is 5.10 Å². The number of β-amino-alcohol motifs (C(OH)–C–C–N with tert-alkyl or cyclic N) is 1. The molecule has 17 heavy (non-hydrogen) atoms. The molecule has 0 saturated carbocycles. The molecule has 0 atom stereocenters. The van der Waals surface area contributed by atoms with Gasteiger partial charge in [-0.1, -0.05) is 11.3 Å². The highest BCUT2D eigenvalue weighted by Crippen LogP contribution is 2.34. The van der Waals surface area contributed by atoms with Crippen LogP contribution in [0.2, 0.25) is 0 Å². The van der Waals surface area contributed by atoms with Gasteiger partial charge in [0, 0.05) is 0 Å². The number of hydrazone groups is 1. The largest absolute Gasteiger partial charge is 0.445 e. The van der Waals surface area contributed by atoms with Crippen molar-refractivity contribution in [2.75, 3.05) is 18.3 Å². The second-order valence-corrected chi connectivity index (χ2v) is 3.81. The summed E-state index contributed by atoms with van der Waals surface area (Å²) in [6.45, 7) is -0.0803. The average Bonchev–Trinajstić information content (AvgIpc) is 2.82. The van der Waals surface area contributed by atoms with E-state index in [1.807, 2.05) is 0 Å². The topological polar surface area (TPSA) is 76.9 Å². The predicted molar refractivity (Wildman–Crippen MR) is 51.8 cm³/mol. The van der Waals surface area contributed by atoms with Crippen LogP contribution in [0.1, 0.15) is 5.01 Å². The molecular weight excluding hydrogens is 261 g/mol. The number of aromatic nitrogens is 2. The van der Waals surface area contributed by atoms with Crippen molar-refractivity contribution >= 4 is 22.8 Å². The number of anilines is 1. The van der Waals surface area contributed by atoms with Gasteiger partial charge in [-0.3, -0.25) is 0 Å². The number of halogens is 3. The van der Waals surface area contributed by atoms with E-state index in [4.69, 9.17) is 5.11 Å². The second kappa shape index (κ2) is 4.33. The molecule has 0 aromatic carbocycles. The zero-order valence-corrected chi connectivity index (χ0v) is 8.96. The minimum Gasteiger partial charge on any atom is -0.394 e. The normalized spacial score (nSPS) is 15.5. The van der Waals surface area contributed by atoms with Crippen LogP contribution in [-0.2, 0) is 6.18 Å². The quantitative estimate of drug-likeness (QED) is 0.797. The lowest BCUT2D eigenvalue weighted by atomic mass is 10.7. The summed E-state index contributed by atoms with van der Waals surface area (Å²) in [5.74, 6) is 0. The lowest BCUT2D eigenvalue weighted by Crippen LogP contribution is -2.44. The van der Waals surface area contributed by atoms with E-state index >= 15 is 0 Å². The smallest absolute Gasteiger partial charge is 0.394 e. The average molecular weight is 267 g/mol. The van der Waals surface area contributed by atoms with Gasteiger partial charge in [-0.25, -0.2) is 5.01 Å². The number of rotatable bonds is 3. The van der Waals surface area contributed by atoms with Crippen LogP contribution in [-0.4, -0.2) is 39.8 Å². The first-order valence-corrected chi connectivity index (χ1v) is 5.14. The molecule has 2 N–H and O–H groups in total. The van der Waals surface area contributed by atoms with Gasteiger partial charge in [0.05, 0.1) is 13.2 Å². The molecule has 0 unspecified atom stereocenters. The Hall–Kier alpha value is -1.62. The summed E-state index contributed by atoms with van der Waals surface area (Å²) in [7, 11) is 0. The molecule has 2 heterocycles. The van der Waals surface area contributed by atoms with Crippen LogP contribution >= 0.6 is 11.3 Å². The molecule has 0 fully saturated rings. The Labute approximate surface area is 97.1 Å². The van der Waals surface area contributed by atoms with E-state index in [1.54, 1.807) is 0 Å². The third-order valence-electron chi connectivity index (χ3n) is 1.70. The van der Waals surface area contributed by atoms with Crippen LogP contribution in [0.25, 0.3) is 0 Å². The zero-order valence-electron chi connectivity index (χ0n) is 8.14. The number of hydrazine groups is 2. The Kier molecular flexibility index (Phi) is 3.02. The fourth-order valence-electron chi connectivity index (χ4n) is 1.03. The summed E-state index contributed by atoms with van der Waals surface area (Å²) in [6.07, 6.45) is -2.10. The Morgan fingerprint density at radius 1 is 1.41 bits per heavy atom. The summed E-state index contributed by atoms with van der Waals surface area (Å²) in [4.78, 5) is 0. The van der Waals surface area contributed by atoms with E-state index in [0.29, 0.717) is 11.3 Å². The van der Waals surface area contributed by atoms with Crippen LogP contribution < -0.4 is 10.7 Å². The summed E-state index contributed by atoms with van der Waals surface area (Å²) in [5, 5.41) is 19.9. The van der Waals surface area contributed by atoms with E-state index in [0.717, 1.165) is 5.12 Å². The number of alkyl halides is 3. The third kappa shape index (κ3) is 2.39. The highest BCUT2D eigenvalue weighted by molar-refractivity contribution is 7.15. The fraction of sp³-hybridized carbons (Fsp3) is 0.500. The van der Waals surface area contributed by atoms with Gasteiger partial charge in [-0.15, -0.1) is 20.4 Å². The highest BCUT2D eigenvalue weighted by Gasteiger charge is 2.37. The Morgan fingerprint density at radius 2 is 2.18 bits per heavy atom. The van der Waals surface area contributed by atoms with E-state index in [-0.39, 0.29) is 18.3 Å². The lowest BCUT2D eigenvalue weighted by Gasteiger charge is -2.23. The molecule has 0 spiro atoms. The van der Waals surface area contributed by atoms with Crippen LogP contribution in [0, 0.1) is 0 Å². The fourth-order valence-corrected chi connectivity index (χ4v) is 1.71. The van der Waals surface area contributed by atoms with Crippen molar-refractivity contribution in [2.45, 2.75) is 6.18 Å². The van der Waals surface area contributed by atoms with Gasteiger partial charge in [-0.05, 0) is 0 Å². The van der Waals surface area contributed by atoms with Crippen molar-refractivity contribution in [3.05, 3.63) is 5.01 Å². The van der Waals surface area contributed by atoms with Crippen molar-refractivity contribution in [1.82, 2.24) is 20.7 Å². The van der Waals surface area contributed by atoms with Crippen molar-refractivity contribution < 1.29 is 18.3 Å². The van der Waals surface area contributed by atoms with Crippen LogP contribution in [0.4, 0.5) is 18.3 Å². The molecule has 1 radical (unpaired) electrons. The first kappa shape index (κ1) is 11.9. The first-order chi connectivity index (χ1) is 8.02. The molecule has 1 aromatic rings. The van der Waals surface area contributed by atoms with E-state index in [1.165, 1.54) is 5.01 Å². The van der Waals surface area contributed by atoms with Gasteiger partial charge in [0.25, 0.3) is 0 Å². The molecule has 11 heteroatoms. The number of aliphatic hydroxyl groups is 1. The molecule has 2 rings (SSSR count). The summed E-state index contributed by atoms with van der Waals surface area (Å²) in [5.41, 5.74) is 2.38. The third-order valence-corrected chi connectivity index (χ3v) is 2.65. The number of nitrogens with one attached hydrogen (secondary N) is 1. The van der Waals surface area contributed by atoms with E-state index < -0.39 is 11.2 Å². The summed E-state index contributed by atoms with van der Waals surface area (Å²) < 4.78 is 36.9. The Bertz CT molecular complexity index is 420. The molecule has 0 aliphatic carbocycles. The van der Waals surface area contributed by atoms with E-state index in [9.17, 15) is 13.2 Å². The van der Waals surface area contributed by atoms with Gasteiger partial charge >= 0.3 is 6.18 Å². The zero-order chi connectivity index (χ0) is 12.5. The lowest BCUT2D eigenvalue weighted by molar-refractivity contribution is -0.138. The van der Waals surface area contributed by atoms with Crippen molar-refractivity contribution in [3.63, 3.8) is 0 Å². The maximum absolute atomic E-state index is 12.3. The number of nitrogens with zero attached hydrogens (tertiary/aromatic N) is 5. The number of hydrogen-bond donors (Lipinski definition) is 2. The molecule has 1 aliphatic rings. The monoisotopic (exact) mass is 267 g/mol. The Morgan fingerprint density at radius 3 is 2.76 bits per heavy atom. The molecule has 7 nitrogen and oxygen atoms in total. The van der Waals surface area contributed by atoms with Gasteiger partial charge in [0.15, 0.2) is 0 Å². The minimum atomic E-state index is -4.53. The van der Waals surface area contributed by atoms with Gasteiger partial charge in [0.1, 0.15) is 0 Å². The number of aliphatic hydroxyl groups excluding tert-OH is 1. The SMILES string of the molecule is OCCN1[C]=NNN1c1nnc(C(F)(F)F)s1. The molecule has 1 aliphatic heterocycles. The maximum atomic E-state index is 12.3. The first-order valence-electron chi connectivity index (χ1n) is 4.32. The molecule has 1 aromatic heterocycles. The minimum absolute atomic E-state index is 0.0421. The molecule has 0 amide bonds. The molecule has 0 bridgehead atoms. The Balaban J connectivity index is 2.15. The van der Waals surface area contributed by atoms with Gasteiger partial charge in [-0.2, -0.15) is 18.7 Å². The summed E-state index contributed by atoms with van der Waals surface area (Å²) in [6, 6.07) is 0. The van der Waals surface area contributed by atoms with Crippen molar-refractivity contribution in [3.8, 4) is 0 Å². The van der Waals surface area contributed by atoms with Crippen LogP contribution in [0.3, 0.4) is 0 Å². The van der Waals surface area contributed by atoms with Crippen LogP contribution in [0.5, 0.6) is 0 Å². The maximum Gasteiger partial charge on any atom is 0.445 e. The summed E-state index contributed by atoms with van der Waals surface area (Å²) >= 11 is 0.360. The van der Waals surface area contributed by atoms with E-state index in [2.05, 4.69) is 27.2 Å². The standard InChI is InChI=1S/C6H6F3N6OS/c7-6(8,9)4-11-12-5(17-4)15-13-10-3-14(15)1-2-16/h13,16H,1-2H2. The highest BCUT2D eigenvalue weighted by atomic mass is 32.1. The van der Waals surface area contributed by atoms with Gasteiger partial charge < -0.3 is 5.11 Å². The molecule has 0 saturated heterocycles. The molecule has 93 valence electrons. The van der Waals surface area contributed by atoms with Crippen LogP contribution in [0.15, 0.2) is 5.10 Å². The van der Waals surface area contributed by atoms with Crippen molar-refractivity contribution in [1.29, 1.82) is 0 Å².